The van der Waals surface area contributed by atoms with Crippen molar-refractivity contribution in [2.75, 3.05) is 0 Å². The topological polar surface area (TPSA) is 30.2 Å². The van der Waals surface area contributed by atoms with Gasteiger partial charge in [0, 0.05) is 12.1 Å². The molecule has 0 fully saturated rings. The molecule has 0 aliphatic carbocycles. The van der Waals surface area contributed by atoms with Gasteiger partial charge in [0.05, 0.1) is 0 Å². The third-order valence-corrected chi connectivity index (χ3v) is 3.10. The number of rotatable bonds is 4. The van der Waals surface area contributed by atoms with Gasteiger partial charge in [-0.3, -0.25) is 0 Å². The Morgan fingerprint density at radius 2 is 1.90 bits per heavy atom. The molecule has 0 bridgehead atoms. The molecule has 0 spiro atoms. The van der Waals surface area contributed by atoms with Crippen molar-refractivity contribution in [3.05, 3.63) is 59.9 Å². The predicted octanol–water partition coefficient (Wildman–Crippen LogP) is 3.01. The molecule has 0 atom stereocenters. The van der Waals surface area contributed by atoms with Gasteiger partial charge in [-0.05, 0) is 30.0 Å². The van der Waals surface area contributed by atoms with Gasteiger partial charge in [-0.2, -0.15) is 4.57 Å². The predicted molar refractivity (Wildman–Crippen MR) is 77.5 cm³/mol. The molecule has 3 heteroatoms. The number of hydrogen-bond donors (Lipinski definition) is 0. The molecule has 0 aliphatic heterocycles. The summed E-state index contributed by atoms with van der Waals surface area (Å²) in [6.07, 6.45) is 3.70. The molecule has 3 nitrogen and oxygen atoms in total. The Hall–Kier alpha value is -2.16. The molecule has 1 aromatic carbocycles. The molecule has 0 aliphatic rings. The smallest absolute Gasteiger partial charge is 0.378 e. The number of carbonyl (C=O) groups is 1. The standard InChI is InChI=1S/C17H20NO2/c1-13(2)15-8-7-14(3)11-16(15)20-17(19)12-18-9-5-4-6-10-18/h4-11,13H,12H2,1-3H3/q+1. The van der Waals surface area contributed by atoms with Crippen LogP contribution in [0.25, 0.3) is 0 Å². The zero-order valence-electron chi connectivity index (χ0n) is 12.2. The van der Waals surface area contributed by atoms with Gasteiger partial charge in [-0.1, -0.05) is 32.0 Å². The van der Waals surface area contributed by atoms with Crippen molar-refractivity contribution in [3.8, 4) is 5.75 Å². The first-order valence-electron chi connectivity index (χ1n) is 6.81. The van der Waals surface area contributed by atoms with Crippen molar-refractivity contribution in [1.82, 2.24) is 0 Å². The summed E-state index contributed by atoms with van der Waals surface area (Å²) in [5.41, 5.74) is 2.14. The van der Waals surface area contributed by atoms with Gasteiger partial charge in [0.25, 0.3) is 0 Å². The zero-order chi connectivity index (χ0) is 14.5. The van der Waals surface area contributed by atoms with Crippen LogP contribution >= 0.6 is 0 Å². The molecule has 0 amide bonds. The summed E-state index contributed by atoms with van der Waals surface area (Å²) >= 11 is 0. The van der Waals surface area contributed by atoms with E-state index >= 15 is 0 Å². The van der Waals surface area contributed by atoms with Crippen LogP contribution in [0, 0.1) is 6.92 Å². The summed E-state index contributed by atoms with van der Waals surface area (Å²) in [6, 6.07) is 11.7. The fourth-order valence-corrected chi connectivity index (χ4v) is 2.05. The van der Waals surface area contributed by atoms with E-state index in [9.17, 15) is 4.79 Å². The number of aryl methyl sites for hydroxylation is 1. The number of nitrogens with zero attached hydrogens (tertiary/aromatic N) is 1. The van der Waals surface area contributed by atoms with Crippen LogP contribution in [0.4, 0.5) is 0 Å². The number of esters is 1. The highest BCUT2D eigenvalue weighted by Gasteiger charge is 2.15. The number of hydrogen-bond acceptors (Lipinski definition) is 2. The summed E-state index contributed by atoms with van der Waals surface area (Å²) in [5.74, 6) is 0.734. The van der Waals surface area contributed by atoms with Gasteiger partial charge in [-0.15, -0.1) is 0 Å². The summed E-state index contributed by atoms with van der Waals surface area (Å²) in [7, 11) is 0. The van der Waals surface area contributed by atoms with E-state index in [1.54, 1.807) is 4.57 Å². The minimum Gasteiger partial charge on any atom is -0.422 e. The zero-order valence-corrected chi connectivity index (χ0v) is 12.2. The van der Waals surface area contributed by atoms with Crippen LogP contribution in [0.2, 0.25) is 0 Å². The Balaban J connectivity index is 2.13. The first-order valence-corrected chi connectivity index (χ1v) is 6.81. The van der Waals surface area contributed by atoms with Crippen LogP contribution in [-0.2, 0) is 11.3 Å². The Morgan fingerprint density at radius 3 is 2.55 bits per heavy atom. The van der Waals surface area contributed by atoms with Crippen molar-refractivity contribution in [1.29, 1.82) is 0 Å². The van der Waals surface area contributed by atoms with E-state index in [4.69, 9.17) is 4.74 Å². The Morgan fingerprint density at radius 1 is 1.20 bits per heavy atom. The maximum absolute atomic E-state index is 12.0. The van der Waals surface area contributed by atoms with Crippen LogP contribution in [0.1, 0.15) is 30.9 Å². The molecule has 0 saturated heterocycles. The second kappa shape index (κ2) is 6.33. The fourth-order valence-electron chi connectivity index (χ4n) is 2.05. The van der Waals surface area contributed by atoms with Gasteiger partial charge in [-0.25, -0.2) is 4.79 Å². The van der Waals surface area contributed by atoms with Crippen LogP contribution < -0.4 is 9.30 Å². The van der Waals surface area contributed by atoms with E-state index in [-0.39, 0.29) is 12.5 Å². The van der Waals surface area contributed by atoms with Gasteiger partial charge in [0.15, 0.2) is 12.4 Å². The summed E-state index contributed by atoms with van der Waals surface area (Å²) < 4.78 is 7.33. The molecule has 104 valence electrons. The average molecular weight is 270 g/mol. The lowest BCUT2D eigenvalue weighted by Gasteiger charge is -2.12. The Bertz CT molecular complexity index is 591. The molecular weight excluding hydrogens is 250 g/mol. The van der Waals surface area contributed by atoms with Crippen LogP contribution in [0.3, 0.4) is 0 Å². The summed E-state index contributed by atoms with van der Waals surface area (Å²) in [5, 5.41) is 0. The monoisotopic (exact) mass is 270 g/mol. The Labute approximate surface area is 119 Å². The quantitative estimate of drug-likeness (QED) is 0.485. The van der Waals surface area contributed by atoms with Gasteiger partial charge in [0.1, 0.15) is 5.75 Å². The highest BCUT2D eigenvalue weighted by molar-refractivity contribution is 5.71. The summed E-state index contributed by atoms with van der Waals surface area (Å²) in [6.45, 7) is 6.39. The lowest BCUT2D eigenvalue weighted by atomic mass is 10.0. The van der Waals surface area contributed by atoms with Gasteiger partial charge < -0.3 is 4.74 Å². The van der Waals surface area contributed by atoms with Gasteiger partial charge in [0.2, 0.25) is 6.54 Å². The number of carbonyl (C=O) groups excluding carboxylic acids is 1. The molecule has 1 heterocycles. The van der Waals surface area contributed by atoms with Crippen molar-refractivity contribution in [2.45, 2.75) is 33.2 Å². The number of aromatic nitrogens is 1. The lowest BCUT2D eigenvalue weighted by Crippen LogP contribution is -2.38. The first-order chi connectivity index (χ1) is 9.56. The van der Waals surface area contributed by atoms with E-state index in [2.05, 4.69) is 13.8 Å². The third-order valence-electron chi connectivity index (χ3n) is 3.10. The molecule has 2 rings (SSSR count). The van der Waals surface area contributed by atoms with Crippen LogP contribution in [0.15, 0.2) is 48.8 Å². The summed E-state index contributed by atoms with van der Waals surface area (Å²) in [4.78, 5) is 12.0. The van der Waals surface area contributed by atoms with E-state index in [0.29, 0.717) is 11.7 Å². The maximum atomic E-state index is 12.0. The van der Waals surface area contributed by atoms with E-state index in [0.717, 1.165) is 11.1 Å². The minimum atomic E-state index is -0.256. The Kier molecular flexibility index (Phi) is 4.51. The number of pyridine rings is 1. The van der Waals surface area contributed by atoms with E-state index < -0.39 is 0 Å². The molecule has 0 saturated carbocycles. The van der Waals surface area contributed by atoms with Crippen LogP contribution in [-0.4, -0.2) is 5.97 Å². The molecule has 2 aromatic rings. The maximum Gasteiger partial charge on any atom is 0.378 e. The van der Waals surface area contributed by atoms with E-state index in [1.807, 2.05) is 55.7 Å². The molecule has 0 radical (unpaired) electrons. The highest BCUT2D eigenvalue weighted by atomic mass is 16.5. The normalized spacial score (nSPS) is 10.6. The van der Waals surface area contributed by atoms with Gasteiger partial charge >= 0.3 is 5.97 Å². The molecule has 20 heavy (non-hydrogen) atoms. The number of ether oxygens (including phenoxy) is 1. The van der Waals surface area contributed by atoms with Crippen molar-refractivity contribution in [2.24, 2.45) is 0 Å². The molecule has 1 aromatic heterocycles. The number of benzene rings is 1. The van der Waals surface area contributed by atoms with E-state index in [1.165, 1.54) is 0 Å². The van der Waals surface area contributed by atoms with Crippen molar-refractivity contribution >= 4 is 5.97 Å². The molecule has 0 unspecified atom stereocenters. The fraction of sp³-hybridized carbons (Fsp3) is 0.294. The van der Waals surface area contributed by atoms with Crippen molar-refractivity contribution in [3.63, 3.8) is 0 Å². The second-order valence-corrected chi connectivity index (χ2v) is 5.22. The van der Waals surface area contributed by atoms with Crippen molar-refractivity contribution < 1.29 is 14.1 Å². The minimum absolute atomic E-state index is 0.215. The SMILES string of the molecule is Cc1ccc(C(C)C)c(OC(=O)C[n+]2ccccc2)c1. The van der Waals surface area contributed by atoms with Crippen LogP contribution in [0.5, 0.6) is 5.75 Å². The largest absolute Gasteiger partial charge is 0.422 e. The first kappa shape index (κ1) is 14.3. The third kappa shape index (κ3) is 3.67. The lowest BCUT2D eigenvalue weighted by molar-refractivity contribution is -0.685. The average Bonchev–Trinajstić information content (AvgIpc) is 2.39. The highest BCUT2D eigenvalue weighted by Crippen LogP contribution is 2.27. The molecule has 0 N–H and O–H groups in total. The molecular formula is C17H20NO2+. The second-order valence-electron chi connectivity index (χ2n) is 5.22.